The quantitative estimate of drug-likeness (QED) is 0.621. The first-order valence-corrected chi connectivity index (χ1v) is 10.1. The van der Waals surface area contributed by atoms with E-state index in [9.17, 15) is 14.0 Å². The number of rotatable bonds is 10. The van der Waals surface area contributed by atoms with Gasteiger partial charge in [-0.3, -0.25) is 9.59 Å². The minimum atomic E-state index is -0.449. The predicted octanol–water partition coefficient (Wildman–Crippen LogP) is 3.67. The molecule has 0 fully saturated rings. The van der Waals surface area contributed by atoms with Crippen LogP contribution in [0.4, 0.5) is 10.1 Å². The summed E-state index contributed by atoms with van der Waals surface area (Å²) in [5.74, 6) is -0.694. The molecule has 6 nitrogen and oxygen atoms in total. The van der Waals surface area contributed by atoms with Crippen LogP contribution < -0.4 is 15.4 Å². The summed E-state index contributed by atoms with van der Waals surface area (Å²) in [4.78, 5) is 26.6. The average Bonchev–Trinajstić information content (AvgIpc) is 2.73. The highest BCUT2D eigenvalue weighted by Crippen LogP contribution is 2.21. The number of anilines is 1. The van der Waals surface area contributed by atoms with Crippen LogP contribution in [0, 0.1) is 12.7 Å². The van der Waals surface area contributed by atoms with Gasteiger partial charge < -0.3 is 20.3 Å². The lowest BCUT2D eigenvalue weighted by Crippen LogP contribution is -2.43. The maximum Gasteiger partial charge on any atom is 0.244 e. The van der Waals surface area contributed by atoms with E-state index >= 15 is 0 Å². The smallest absolute Gasteiger partial charge is 0.244 e. The summed E-state index contributed by atoms with van der Waals surface area (Å²) in [5.41, 5.74) is 2.40. The molecule has 0 saturated carbocycles. The van der Waals surface area contributed by atoms with E-state index in [0.29, 0.717) is 12.1 Å². The molecule has 2 aromatic rings. The second-order valence-corrected chi connectivity index (χ2v) is 7.17. The lowest BCUT2D eigenvalue weighted by atomic mass is 10.1. The first kappa shape index (κ1) is 23.3. The minimum Gasteiger partial charge on any atom is -0.494 e. The molecular weight excluding hydrogens is 385 g/mol. The number of para-hydroxylation sites is 1. The molecule has 162 valence electrons. The molecular formula is C23H30FN3O3. The van der Waals surface area contributed by atoms with Crippen LogP contribution in [0.3, 0.4) is 0 Å². The van der Waals surface area contributed by atoms with Gasteiger partial charge in [0, 0.05) is 18.3 Å². The van der Waals surface area contributed by atoms with Crippen LogP contribution >= 0.6 is 0 Å². The first-order valence-electron chi connectivity index (χ1n) is 10.1. The molecule has 0 heterocycles. The van der Waals surface area contributed by atoms with Gasteiger partial charge in [-0.25, -0.2) is 4.39 Å². The third kappa shape index (κ3) is 6.56. The third-order valence-corrected chi connectivity index (χ3v) is 4.84. The van der Waals surface area contributed by atoms with E-state index in [4.69, 9.17) is 4.74 Å². The number of nitrogens with zero attached hydrogens (tertiary/aromatic N) is 1. The van der Waals surface area contributed by atoms with Crippen LogP contribution in [0.1, 0.15) is 37.4 Å². The van der Waals surface area contributed by atoms with Gasteiger partial charge in [0.15, 0.2) is 11.6 Å². The SMILES string of the molecule is CCCN(CC(=O)Nc1ccccc1C)C(=O)CNC(C)c1ccc(OC)c(F)c1. The molecule has 0 bridgehead atoms. The van der Waals surface area contributed by atoms with Gasteiger partial charge in [0.2, 0.25) is 11.8 Å². The number of hydrogen-bond acceptors (Lipinski definition) is 4. The van der Waals surface area contributed by atoms with Gasteiger partial charge in [0.05, 0.1) is 20.2 Å². The van der Waals surface area contributed by atoms with Gasteiger partial charge in [-0.1, -0.05) is 31.2 Å². The second-order valence-electron chi connectivity index (χ2n) is 7.17. The van der Waals surface area contributed by atoms with Crippen molar-refractivity contribution in [2.24, 2.45) is 0 Å². The standard InChI is InChI=1S/C23H30FN3O3/c1-5-12-27(15-22(28)26-20-9-7-6-8-16(20)2)23(29)14-25-17(3)18-10-11-21(30-4)19(24)13-18/h6-11,13,17,25H,5,12,14-15H2,1-4H3,(H,26,28). The summed E-state index contributed by atoms with van der Waals surface area (Å²) in [6, 6.07) is 12.0. The van der Waals surface area contributed by atoms with Crippen molar-refractivity contribution in [1.82, 2.24) is 10.2 Å². The highest BCUT2D eigenvalue weighted by atomic mass is 19.1. The Balaban J connectivity index is 1.93. The van der Waals surface area contributed by atoms with Gasteiger partial charge in [-0.05, 0) is 49.6 Å². The summed E-state index contributed by atoms with van der Waals surface area (Å²) in [5, 5.41) is 5.96. The largest absolute Gasteiger partial charge is 0.494 e. The number of methoxy groups -OCH3 is 1. The van der Waals surface area contributed by atoms with Gasteiger partial charge in [0.1, 0.15) is 0 Å². The van der Waals surface area contributed by atoms with Crippen LogP contribution in [0.15, 0.2) is 42.5 Å². The van der Waals surface area contributed by atoms with E-state index in [0.717, 1.165) is 17.7 Å². The number of carbonyl (C=O) groups is 2. The fourth-order valence-corrected chi connectivity index (χ4v) is 3.06. The highest BCUT2D eigenvalue weighted by Gasteiger charge is 2.18. The van der Waals surface area contributed by atoms with Crippen molar-refractivity contribution in [2.45, 2.75) is 33.2 Å². The molecule has 0 saturated heterocycles. The molecule has 2 rings (SSSR count). The van der Waals surface area contributed by atoms with E-state index in [1.165, 1.54) is 18.1 Å². The monoisotopic (exact) mass is 415 g/mol. The fourth-order valence-electron chi connectivity index (χ4n) is 3.06. The molecule has 0 aliphatic carbocycles. The Morgan fingerprint density at radius 3 is 2.57 bits per heavy atom. The van der Waals surface area contributed by atoms with Gasteiger partial charge in [-0.15, -0.1) is 0 Å². The van der Waals surface area contributed by atoms with Crippen molar-refractivity contribution >= 4 is 17.5 Å². The fraction of sp³-hybridized carbons (Fsp3) is 0.391. The second kappa shape index (κ2) is 11.3. The number of hydrogen-bond donors (Lipinski definition) is 2. The predicted molar refractivity (Wildman–Crippen MR) is 116 cm³/mol. The number of aryl methyl sites for hydroxylation is 1. The van der Waals surface area contributed by atoms with Crippen molar-refractivity contribution in [3.05, 3.63) is 59.4 Å². The molecule has 0 aromatic heterocycles. The summed E-state index contributed by atoms with van der Waals surface area (Å²) in [6.07, 6.45) is 0.739. The number of nitrogens with one attached hydrogen (secondary N) is 2. The molecule has 0 aliphatic heterocycles. The zero-order valence-electron chi connectivity index (χ0n) is 18.0. The van der Waals surface area contributed by atoms with Gasteiger partial charge in [-0.2, -0.15) is 0 Å². The number of benzene rings is 2. The van der Waals surface area contributed by atoms with Crippen LogP contribution in [0.5, 0.6) is 5.75 Å². The topological polar surface area (TPSA) is 70.7 Å². The maximum atomic E-state index is 13.9. The Bertz CT molecular complexity index is 873. The molecule has 7 heteroatoms. The summed E-state index contributed by atoms with van der Waals surface area (Å²) in [6.45, 7) is 6.23. The zero-order valence-corrected chi connectivity index (χ0v) is 18.0. The number of ether oxygens (including phenoxy) is 1. The van der Waals surface area contributed by atoms with E-state index in [-0.39, 0.29) is 36.7 Å². The van der Waals surface area contributed by atoms with Crippen LogP contribution in [-0.2, 0) is 9.59 Å². The molecule has 0 spiro atoms. The van der Waals surface area contributed by atoms with Gasteiger partial charge >= 0.3 is 0 Å². The summed E-state index contributed by atoms with van der Waals surface area (Å²) < 4.78 is 18.8. The molecule has 2 N–H and O–H groups in total. The van der Waals surface area contributed by atoms with Crippen LogP contribution in [0.25, 0.3) is 0 Å². The Hall–Kier alpha value is -2.93. The molecule has 1 unspecified atom stereocenters. The lowest BCUT2D eigenvalue weighted by molar-refractivity contribution is -0.134. The molecule has 0 radical (unpaired) electrons. The molecule has 30 heavy (non-hydrogen) atoms. The Morgan fingerprint density at radius 2 is 1.93 bits per heavy atom. The third-order valence-electron chi connectivity index (χ3n) is 4.84. The summed E-state index contributed by atoms with van der Waals surface area (Å²) in [7, 11) is 1.41. The first-order chi connectivity index (χ1) is 14.3. The van der Waals surface area contributed by atoms with Crippen molar-refractivity contribution in [3.8, 4) is 5.75 Å². The Kier molecular flexibility index (Phi) is 8.80. The van der Waals surface area contributed by atoms with Crippen molar-refractivity contribution in [1.29, 1.82) is 0 Å². The maximum absolute atomic E-state index is 13.9. The van der Waals surface area contributed by atoms with Crippen molar-refractivity contribution in [2.75, 3.05) is 32.1 Å². The van der Waals surface area contributed by atoms with E-state index in [1.807, 2.05) is 45.0 Å². The Labute approximate surface area is 177 Å². The minimum absolute atomic E-state index is 0.0196. The number of carbonyl (C=O) groups excluding carboxylic acids is 2. The molecule has 2 aromatic carbocycles. The van der Waals surface area contributed by atoms with E-state index < -0.39 is 5.82 Å². The summed E-state index contributed by atoms with van der Waals surface area (Å²) >= 11 is 0. The van der Waals surface area contributed by atoms with Crippen molar-refractivity contribution < 1.29 is 18.7 Å². The highest BCUT2D eigenvalue weighted by molar-refractivity contribution is 5.95. The van der Waals surface area contributed by atoms with Crippen LogP contribution in [0.2, 0.25) is 0 Å². The average molecular weight is 416 g/mol. The van der Waals surface area contributed by atoms with E-state index in [2.05, 4.69) is 10.6 Å². The zero-order chi connectivity index (χ0) is 22.1. The normalized spacial score (nSPS) is 11.6. The molecule has 1 atom stereocenters. The van der Waals surface area contributed by atoms with E-state index in [1.54, 1.807) is 12.1 Å². The Morgan fingerprint density at radius 1 is 1.20 bits per heavy atom. The molecule has 0 aliphatic rings. The van der Waals surface area contributed by atoms with Crippen LogP contribution in [-0.4, -0.2) is 43.5 Å². The number of halogens is 1. The lowest BCUT2D eigenvalue weighted by Gasteiger charge is -2.23. The molecule has 2 amide bonds. The van der Waals surface area contributed by atoms with Gasteiger partial charge in [0.25, 0.3) is 0 Å². The van der Waals surface area contributed by atoms with Crippen molar-refractivity contribution in [3.63, 3.8) is 0 Å². The number of amides is 2.